The maximum absolute atomic E-state index is 11.9. The number of carboxylic acid groups (broad SMARTS) is 1. The zero-order valence-electron chi connectivity index (χ0n) is 11.3. The summed E-state index contributed by atoms with van der Waals surface area (Å²) in [5, 5.41) is 13.8. The highest BCUT2D eigenvalue weighted by atomic mass is 32.2. The van der Waals surface area contributed by atoms with E-state index < -0.39 is 35.9 Å². The van der Waals surface area contributed by atoms with Gasteiger partial charge in [0.1, 0.15) is 6.04 Å². The SMILES string of the molecule is CSCCC(NC(N)=O)C(=O)NC(C)C(C)C(=O)O. The molecule has 0 saturated heterocycles. The normalized spacial score (nSPS) is 15.1. The second kappa shape index (κ2) is 8.63. The first-order valence-electron chi connectivity index (χ1n) is 5.87. The van der Waals surface area contributed by atoms with E-state index in [9.17, 15) is 14.4 Å². The quantitative estimate of drug-likeness (QED) is 0.501. The summed E-state index contributed by atoms with van der Waals surface area (Å²) in [6.07, 6.45) is 2.32. The Hall–Kier alpha value is -1.44. The first kappa shape index (κ1) is 17.6. The molecule has 0 aliphatic rings. The van der Waals surface area contributed by atoms with Crippen LogP contribution in [-0.4, -0.2) is 47.1 Å². The van der Waals surface area contributed by atoms with Gasteiger partial charge < -0.3 is 21.5 Å². The van der Waals surface area contributed by atoms with Gasteiger partial charge in [0.05, 0.1) is 5.92 Å². The van der Waals surface area contributed by atoms with Crippen molar-refractivity contribution >= 4 is 29.7 Å². The Morgan fingerprint density at radius 3 is 2.26 bits per heavy atom. The molecule has 110 valence electrons. The average molecular weight is 291 g/mol. The van der Waals surface area contributed by atoms with Crippen LogP contribution in [0.2, 0.25) is 0 Å². The van der Waals surface area contributed by atoms with E-state index >= 15 is 0 Å². The number of thioether (sulfide) groups is 1. The van der Waals surface area contributed by atoms with E-state index in [2.05, 4.69) is 10.6 Å². The van der Waals surface area contributed by atoms with Crippen LogP contribution in [0.3, 0.4) is 0 Å². The molecule has 8 heteroatoms. The van der Waals surface area contributed by atoms with Crippen LogP contribution in [-0.2, 0) is 9.59 Å². The Balaban J connectivity index is 4.53. The number of rotatable bonds is 8. The van der Waals surface area contributed by atoms with Gasteiger partial charge in [0.15, 0.2) is 0 Å². The number of aliphatic carboxylic acids is 1. The molecule has 19 heavy (non-hydrogen) atoms. The molecule has 0 bridgehead atoms. The number of nitrogens with two attached hydrogens (primary N) is 1. The van der Waals surface area contributed by atoms with Gasteiger partial charge in [-0.05, 0) is 32.3 Å². The van der Waals surface area contributed by atoms with Crippen molar-refractivity contribution in [1.29, 1.82) is 0 Å². The molecule has 5 N–H and O–H groups in total. The molecule has 0 fully saturated rings. The Bertz CT molecular complexity index is 338. The summed E-state index contributed by atoms with van der Waals surface area (Å²) in [6.45, 7) is 3.11. The molecule has 0 rings (SSSR count). The van der Waals surface area contributed by atoms with Crippen molar-refractivity contribution in [1.82, 2.24) is 10.6 Å². The van der Waals surface area contributed by atoms with Crippen molar-refractivity contribution in [3.8, 4) is 0 Å². The van der Waals surface area contributed by atoms with Crippen LogP contribution in [0.25, 0.3) is 0 Å². The number of hydrogen-bond acceptors (Lipinski definition) is 4. The van der Waals surface area contributed by atoms with E-state index in [1.54, 1.807) is 6.92 Å². The van der Waals surface area contributed by atoms with Crippen LogP contribution in [0.15, 0.2) is 0 Å². The van der Waals surface area contributed by atoms with Crippen molar-refractivity contribution in [3.63, 3.8) is 0 Å². The number of primary amides is 1. The molecular weight excluding hydrogens is 270 g/mol. The predicted molar refractivity (Wildman–Crippen MR) is 73.9 cm³/mol. The summed E-state index contributed by atoms with van der Waals surface area (Å²) >= 11 is 1.54. The molecule has 0 radical (unpaired) electrons. The molecule has 0 aromatic heterocycles. The van der Waals surface area contributed by atoms with Crippen LogP contribution >= 0.6 is 11.8 Å². The number of urea groups is 1. The second-order valence-electron chi connectivity index (χ2n) is 4.27. The molecule has 3 unspecified atom stereocenters. The van der Waals surface area contributed by atoms with Crippen LogP contribution in [0.1, 0.15) is 20.3 Å². The topological polar surface area (TPSA) is 122 Å². The van der Waals surface area contributed by atoms with E-state index in [-0.39, 0.29) is 0 Å². The molecule has 0 aliphatic heterocycles. The molecule has 0 spiro atoms. The second-order valence-corrected chi connectivity index (χ2v) is 5.25. The van der Waals surface area contributed by atoms with Crippen molar-refractivity contribution < 1.29 is 19.5 Å². The standard InChI is InChI=1S/C11H21N3O4S/c1-6(10(16)17)7(2)13-9(15)8(4-5-19-3)14-11(12)18/h6-8H,4-5H2,1-3H3,(H,13,15)(H,16,17)(H3,12,14,18). The van der Waals surface area contributed by atoms with Gasteiger partial charge in [-0.3, -0.25) is 9.59 Å². The fraction of sp³-hybridized carbons (Fsp3) is 0.727. The lowest BCUT2D eigenvalue weighted by Crippen LogP contribution is -2.52. The van der Waals surface area contributed by atoms with E-state index in [0.717, 1.165) is 0 Å². The van der Waals surface area contributed by atoms with Crippen molar-refractivity contribution in [2.75, 3.05) is 12.0 Å². The largest absolute Gasteiger partial charge is 0.481 e. The highest BCUT2D eigenvalue weighted by Gasteiger charge is 2.25. The lowest BCUT2D eigenvalue weighted by molar-refractivity contribution is -0.142. The maximum atomic E-state index is 11.9. The van der Waals surface area contributed by atoms with E-state index in [0.29, 0.717) is 12.2 Å². The first-order valence-corrected chi connectivity index (χ1v) is 7.27. The fourth-order valence-corrected chi connectivity index (χ4v) is 1.81. The Morgan fingerprint density at radius 2 is 1.84 bits per heavy atom. The van der Waals surface area contributed by atoms with Gasteiger partial charge in [0, 0.05) is 6.04 Å². The van der Waals surface area contributed by atoms with E-state index in [4.69, 9.17) is 10.8 Å². The van der Waals surface area contributed by atoms with Crippen LogP contribution in [0.5, 0.6) is 0 Å². The Morgan fingerprint density at radius 1 is 1.26 bits per heavy atom. The first-order chi connectivity index (χ1) is 8.79. The number of amides is 3. The van der Waals surface area contributed by atoms with Gasteiger partial charge in [-0.15, -0.1) is 0 Å². The Kier molecular flexibility index (Phi) is 7.97. The molecule has 0 saturated carbocycles. The molecule has 7 nitrogen and oxygen atoms in total. The monoisotopic (exact) mass is 291 g/mol. The van der Waals surface area contributed by atoms with Crippen molar-refractivity contribution in [3.05, 3.63) is 0 Å². The minimum absolute atomic E-state index is 0.423. The predicted octanol–water partition coefficient (Wildman–Crippen LogP) is 0.00180. The lowest BCUT2D eigenvalue weighted by Gasteiger charge is -2.22. The van der Waals surface area contributed by atoms with Crippen molar-refractivity contribution in [2.45, 2.75) is 32.4 Å². The number of hydrogen-bond donors (Lipinski definition) is 4. The van der Waals surface area contributed by atoms with Gasteiger partial charge in [0.2, 0.25) is 5.91 Å². The third-order valence-corrected chi connectivity index (χ3v) is 3.40. The van der Waals surface area contributed by atoms with Gasteiger partial charge >= 0.3 is 12.0 Å². The Labute approximate surface area is 116 Å². The molecule has 3 amide bonds. The number of carboxylic acids is 1. The molecule has 0 aromatic rings. The third-order valence-electron chi connectivity index (χ3n) is 2.75. The molecular formula is C11H21N3O4S. The molecule has 0 heterocycles. The summed E-state index contributed by atoms with van der Waals surface area (Å²) in [4.78, 5) is 33.6. The molecule has 3 atom stereocenters. The molecule has 0 aromatic carbocycles. The van der Waals surface area contributed by atoms with Gasteiger partial charge in [0.25, 0.3) is 0 Å². The minimum atomic E-state index is -0.990. The summed E-state index contributed by atoms with van der Waals surface area (Å²) in [5.74, 6) is -1.44. The molecule has 0 aliphatic carbocycles. The smallest absolute Gasteiger partial charge is 0.312 e. The van der Waals surface area contributed by atoms with E-state index in [1.165, 1.54) is 18.7 Å². The zero-order chi connectivity index (χ0) is 15.0. The van der Waals surface area contributed by atoms with E-state index in [1.807, 2.05) is 6.26 Å². The van der Waals surface area contributed by atoms with Gasteiger partial charge in [-0.25, -0.2) is 4.79 Å². The van der Waals surface area contributed by atoms with Gasteiger partial charge in [-0.1, -0.05) is 0 Å². The zero-order valence-corrected chi connectivity index (χ0v) is 12.1. The number of carbonyl (C=O) groups excluding carboxylic acids is 2. The summed E-state index contributed by atoms with van der Waals surface area (Å²) in [5.41, 5.74) is 5.01. The number of nitrogens with one attached hydrogen (secondary N) is 2. The van der Waals surface area contributed by atoms with Crippen molar-refractivity contribution in [2.24, 2.45) is 11.7 Å². The van der Waals surface area contributed by atoms with Crippen LogP contribution < -0.4 is 16.4 Å². The third kappa shape index (κ3) is 6.90. The minimum Gasteiger partial charge on any atom is -0.481 e. The highest BCUT2D eigenvalue weighted by molar-refractivity contribution is 7.98. The van der Waals surface area contributed by atoms with Crippen LogP contribution in [0.4, 0.5) is 4.79 Å². The average Bonchev–Trinajstić information content (AvgIpc) is 2.32. The fourth-order valence-electron chi connectivity index (χ4n) is 1.34. The van der Waals surface area contributed by atoms with Gasteiger partial charge in [-0.2, -0.15) is 11.8 Å². The summed E-state index contributed by atoms with van der Waals surface area (Å²) < 4.78 is 0. The maximum Gasteiger partial charge on any atom is 0.312 e. The highest BCUT2D eigenvalue weighted by Crippen LogP contribution is 2.05. The lowest BCUT2D eigenvalue weighted by atomic mass is 10.0. The van der Waals surface area contributed by atoms with Crippen LogP contribution in [0, 0.1) is 5.92 Å². The summed E-state index contributed by atoms with van der Waals surface area (Å²) in [6, 6.07) is -2.05. The number of carbonyl (C=O) groups is 3. The summed E-state index contributed by atoms with van der Waals surface area (Å²) in [7, 11) is 0.